The Morgan fingerprint density at radius 1 is 1.26 bits per heavy atom. The summed E-state index contributed by atoms with van der Waals surface area (Å²) < 4.78 is 26.1. The molecule has 0 radical (unpaired) electrons. The molecule has 8 nitrogen and oxygen atoms in total. The largest absolute Gasteiger partial charge is 0.485 e. The number of halogens is 1. The number of aliphatic hydroxyl groups excluding tert-OH is 1. The van der Waals surface area contributed by atoms with Gasteiger partial charge in [-0.1, -0.05) is 20.8 Å². The lowest BCUT2D eigenvalue weighted by atomic mass is 9.73. The van der Waals surface area contributed by atoms with Crippen LogP contribution in [0, 0.1) is 11.2 Å². The molecule has 2 aliphatic rings. The number of pyridine rings is 1. The molecule has 3 heterocycles. The predicted octanol–water partition coefficient (Wildman–Crippen LogP) is 5.00. The van der Waals surface area contributed by atoms with Crippen molar-refractivity contribution in [1.82, 2.24) is 20.6 Å². The molecule has 1 amide bonds. The van der Waals surface area contributed by atoms with Crippen molar-refractivity contribution in [3.05, 3.63) is 64.7 Å². The number of nitrogens with one attached hydrogen (secondary N) is 2. The topological polar surface area (TPSA) is 106 Å². The second kappa shape index (κ2) is 12.8. The maximum atomic E-state index is 14.6. The van der Waals surface area contributed by atoms with Gasteiger partial charge in [0.05, 0.1) is 18.3 Å². The molecule has 10 heteroatoms. The van der Waals surface area contributed by atoms with Crippen LogP contribution in [0.25, 0.3) is 10.6 Å². The molecule has 1 saturated carbocycles. The number of carbonyl (C=O) groups is 1. The molecule has 1 aliphatic carbocycles. The lowest BCUT2D eigenvalue weighted by Gasteiger charge is -2.48. The summed E-state index contributed by atoms with van der Waals surface area (Å²) in [6.07, 6.45) is 7.57. The number of hydrogen-bond acceptors (Lipinski definition) is 8. The molecule has 3 atom stereocenters. The van der Waals surface area contributed by atoms with Crippen LogP contribution in [0.3, 0.4) is 0 Å². The van der Waals surface area contributed by atoms with Gasteiger partial charge in [-0.05, 0) is 67.3 Å². The molecule has 0 bridgehead atoms. The number of thiazole rings is 1. The number of aliphatic hydroxyl groups is 1. The van der Waals surface area contributed by atoms with Gasteiger partial charge >= 0.3 is 0 Å². The average molecular weight is 597 g/mol. The molecule has 2 aromatic heterocycles. The smallest absolute Gasteiger partial charge is 0.246 e. The van der Waals surface area contributed by atoms with E-state index < -0.39 is 18.0 Å². The van der Waals surface area contributed by atoms with E-state index >= 15 is 0 Å². The molecule has 3 N–H and O–H groups in total. The molecular formula is C32H41FN4O4S. The third-order valence-electron chi connectivity index (χ3n) is 7.96. The van der Waals surface area contributed by atoms with Crippen molar-refractivity contribution in [2.24, 2.45) is 5.41 Å². The Labute approximate surface area is 251 Å². The first-order chi connectivity index (χ1) is 20.0. The summed E-state index contributed by atoms with van der Waals surface area (Å²) in [7, 11) is 1.45. The SMILES string of the molecule is COCC(=O)N[C@@H](Cc1cc(F)cc(-c2nccs2)c1)[C@@H](O)CN[C@H]1CC2(CCC2)Oc2cnc(CC(C)(C)C)cc21. The summed E-state index contributed by atoms with van der Waals surface area (Å²) in [6, 6.07) is 6.16. The minimum Gasteiger partial charge on any atom is -0.485 e. The number of carbonyl (C=O) groups excluding carboxylic acids is 1. The van der Waals surface area contributed by atoms with E-state index in [4.69, 9.17) is 14.5 Å². The Morgan fingerprint density at radius 3 is 2.74 bits per heavy atom. The second-order valence-electron chi connectivity index (χ2n) is 12.8. The van der Waals surface area contributed by atoms with Crippen LogP contribution in [0.4, 0.5) is 4.39 Å². The Hall–Kier alpha value is -2.92. The van der Waals surface area contributed by atoms with Crippen molar-refractivity contribution in [2.75, 3.05) is 20.3 Å². The molecule has 0 unspecified atom stereocenters. The summed E-state index contributed by atoms with van der Waals surface area (Å²) in [5, 5.41) is 20.5. The molecule has 226 valence electrons. The molecular weight excluding hydrogens is 555 g/mol. The highest BCUT2D eigenvalue weighted by molar-refractivity contribution is 7.13. The standard InChI is InChI=1S/C32H41FN4O4S/c1-31(2,3)15-23-14-24-26(16-32(6-5-7-32)41-28(24)18-35-23)36-17-27(38)25(37-29(39)19-40-4)12-20-10-21(13-22(33)11-20)30-34-8-9-42-30/h8-11,13-14,18,25-27,36,38H,5-7,12,15-17,19H2,1-4H3,(H,37,39)/t25-,26-,27-/m0/s1. The van der Waals surface area contributed by atoms with Gasteiger partial charge in [-0.25, -0.2) is 9.37 Å². The summed E-state index contributed by atoms with van der Waals surface area (Å²) >= 11 is 1.43. The van der Waals surface area contributed by atoms with Crippen LogP contribution in [0.2, 0.25) is 0 Å². The van der Waals surface area contributed by atoms with Gasteiger partial charge in [0.2, 0.25) is 5.91 Å². The normalized spacial score (nSPS) is 19.0. The number of amides is 1. The first kappa shape index (κ1) is 30.5. The Morgan fingerprint density at radius 2 is 2.07 bits per heavy atom. The third-order valence-corrected chi connectivity index (χ3v) is 8.78. The van der Waals surface area contributed by atoms with Crippen molar-refractivity contribution in [2.45, 2.75) is 83.1 Å². The number of benzene rings is 1. The number of ether oxygens (including phenoxy) is 2. The minimum absolute atomic E-state index is 0.0357. The summed E-state index contributed by atoms with van der Waals surface area (Å²) in [4.78, 5) is 21.5. The number of methoxy groups -OCH3 is 1. The maximum Gasteiger partial charge on any atom is 0.246 e. The third kappa shape index (κ3) is 7.53. The van der Waals surface area contributed by atoms with E-state index in [2.05, 4.69) is 42.5 Å². The van der Waals surface area contributed by atoms with Gasteiger partial charge in [0.15, 0.2) is 0 Å². The zero-order valence-electron chi connectivity index (χ0n) is 24.8. The fraction of sp³-hybridized carbons (Fsp3) is 0.531. The number of nitrogens with zero attached hydrogens (tertiary/aromatic N) is 2. The van der Waals surface area contributed by atoms with Gasteiger partial charge in [-0.15, -0.1) is 11.3 Å². The van der Waals surface area contributed by atoms with Gasteiger partial charge in [0.1, 0.15) is 28.8 Å². The predicted molar refractivity (Wildman–Crippen MR) is 161 cm³/mol. The van der Waals surface area contributed by atoms with Crippen molar-refractivity contribution < 1.29 is 23.8 Å². The van der Waals surface area contributed by atoms with Crippen molar-refractivity contribution in [3.63, 3.8) is 0 Å². The van der Waals surface area contributed by atoms with Crippen LogP contribution in [-0.2, 0) is 22.4 Å². The van der Waals surface area contributed by atoms with Crippen molar-refractivity contribution in [1.29, 1.82) is 0 Å². The van der Waals surface area contributed by atoms with Crippen LogP contribution in [0.5, 0.6) is 5.75 Å². The highest BCUT2D eigenvalue weighted by Crippen LogP contribution is 2.49. The molecule has 1 spiro atoms. The Bertz CT molecular complexity index is 1370. The van der Waals surface area contributed by atoms with Crippen LogP contribution in [0.15, 0.2) is 42.0 Å². The number of hydrogen-bond donors (Lipinski definition) is 3. The Balaban J connectivity index is 1.35. The highest BCUT2D eigenvalue weighted by atomic mass is 32.1. The first-order valence-corrected chi connectivity index (χ1v) is 15.5. The van der Waals surface area contributed by atoms with E-state index in [1.807, 2.05) is 17.6 Å². The van der Waals surface area contributed by atoms with E-state index in [9.17, 15) is 14.3 Å². The second-order valence-corrected chi connectivity index (χ2v) is 13.7. The quantitative estimate of drug-likeness (QED) is 0.286. The van der Waals surface area contributed by atoms with E-state index in [0.29, 0.717) is 16.1 Å². The molecule has 3 aromatic rings. The molecule has 1 aromatic carbocycles. The maximum absolute atomic E-state index is 14.6. The lowest BCUT2D eigenvalue weighted by molar-refractivity contribution is -0.126. The van der Waals surface area contributed by atoms with Gasteiger partial charge in [-0.2, -0.15) is 0 Å². The molecule has 5 rings (SSSR count). The van der Waals surface area contributed by atoms with Crippen molar-refractivity contribution in [3.8, 4) is 16.3 Å². The van der Waals surface area contributed by atoms with Gasteiger partial charge < -0.3 is 25.2 Å². The van der Waals surface area contributed by atoms with Gasteiger partial charge in [-0.3, -0.25) is 9.78 Å². The van der Waals surface area contributed by atoms with Crippen LogP contribution < -0.4 is 15.4 Å². The fourth-order valence-electron chi connectivity index (χ4n) is 5.90. The monoisotopic (exact) mass is 596 g/mol. The summed E-state index contributed by atoms with van der Waals surface area (Å²) in [6.45, 7) is 6.66. The van der Waals surface area contributed by atoms with Gasteiger partial charge in [0, 0.05) is 54.5 Å². The number of aromatic nitrogens is 2. The van der Waals surface area contributed by atoms with Gasteiger partial charge in [0.25, 0.3) is 0 Å². The molecule has 42 heavy (non-hydrogen) atoms. The Kier molecular flexibility index (Phi) is 9.27. The van der Waals surface area contributed by atoms with E-state index in [0.717, 1.165) is 49.1 Å². The van der Waals surface area contributed by atoms with E-state index in [1.54, 1.807) is 6.20 Å². The highest BCUT2D eigenvalue weighted by Gasteiger charge is 2.46. The fourth-order valence-corrected chi connectivity index (χ4v) is 6.52. The van der Waals surface area contributed by atoms with Crippen LogP contribution in [-0.4, -0.2) is 59.0 Å². The summed E-state index contributed by atoms with van der Waals surface area (Å²) in [5.41, 5.74) is 3.27. The van der Waals surface area contributed by atoms with Crippen LogP contribution in [0.1, 0.15) is 69.3 Å². The molecule has 0 saturated heterocycles. The number of rotatable bonds is 11. The lowest BCUT2D eigenvalue weighted by Crippen LogP contribution is -2.52. The molecule has 1 fully saturated rings. The minimum atomic E-state index is -0.947. The van der Waals surface area contributed by atoms with E-state index in [1.165, 1.54) is 30.6 Å². The van der Waals surface area contributed by atoms with Crippen molar-refractivity contribution >= 4 is 17.2 Å². The summed E-state index contributed by atoms with van der Waals surface area (Å²) in [5.74, 6) is 0.0578. The zero-order valence-corrected chi connectivity index (χ0v) is 25.6. The van der Waals surface area contributed by atoms with E-state index in [-0.39, 0.29) is 42.5 Å². The number of fused-ring (bicyclic) bond motifs is 1. The van der Waals surface area contributed by atoms with Crippen LogP contribution >= 0.6 is 11.3 Å². The zero-order chi connectivity index (χ0) is 29.9. The molecule has 1 aliphatic heterocycles. The average Bonchev–Trinajstić information content (AvgIpc) is 3.44. The first-order valence-electron chi connectivity index (χ1n) is 14.6.